The summed E-state index contributed by atoms with van der Waals surface area (Å²) in [5, 5.41) is 0. The number of aromatic nitrogens is 2. The lowest BCUT2D eigenvalue weighted by Crippen LogP contribution is -2.23. The van der Waals surface area contributed by atoms with Crippen LogP contribution in [0.1, 0.15) is 44.2 Å². The minimum Gasteiger partial charge on any atom is -0.354 e. The van der Waals surface area contributed by atoms with Crippen LogP contribution in [-0.2, 0) is 0 Å². The standard InChI is InChI=1S/C20H25FN4/c1-15(24-10-2-3-11-24)16-6-8-17(9-7-16)19-22-14-18(21)20(23-19)25-12-4-5-13-25/h6-9,14-15H,2-5,10-13H2,1H3/t15-/m1/s1. The van der Waals surface area contributed by atoms with Gasteiger partial charge in [-0.3, -0.25) is 4.90 Å². The Morgan fingerprint density at radius 3 is 2.28 bits per heavy atom. The van der Waals surface area contributed by atoms with Gasteiger partial charge in [-0.1, -0.05) is 24.3 Å². The number of halogens is 1. The van der Waals surface area contributed by atoms with Gasteiger partial charge < -0.3 is 4.90 Å². The summed E-state index contributed by atoms with van der Waals surface area (Å²) in [5.74, 6) is 0.714. The van der Waals surface area contributed by atoms with E-state index in [9.17, 15) is 4.39 Å². The molecule has 2 aromatic rings. The Morgan fingerprint density at radius 1 is 0.960 bits per heavy atom. The fourth-order valence-electron chi connectivity index (χ4n) is 3.90. The van der Waals surface area contributed by atoms with Gasteiger partial charge >= 0.3 is 0 Å². The largest absolute Gasteiger partial charge is 0.354 e. The lowest BCUT2D eigenvalue weighted by Gasteiger charge is -2.24. The molecular formula is C20H25FN4. The van der Waals surface area contributed by atoms with Crippen LogP contribution in [0.3, 0.4) is 0 Å². The van der Waals surface area contributed by atoms with Crippen molar-refractivity contribution in [3.63, 3.8) is 0 Å². The Labute approximate surface area is 148 Å². The van der Waals surface area contributed by atoms with E-state index in [0.29, 0.717) is 17.7 Å². The number of hydrogen-bond acceptors (Lipinski definition) is 4. The van der Waals surface area contributed by atoms with Gasteiger partial charge in [-0.2, -0.15) is 0 Å². The first-order chi connectivity index (χ1) is 12.2. The third-order valence-electron chi connectivity index (χ3n) is 5.47. The van der Waals surface area contributed by atoms with Crippen molar-refractivity contribution in [2.75, 3.05) is 31.1 Å². The topological polar surface area (TPSA) is 32.3 Å². The zero-order chi connectivity index (χ0) is 17.2. The lowest BCUT2D eigenvalue weighted by molar-refractivity contribution is 0.263. The van der Waals surface area contributed by atoms with Crippen molar-refractivity contribution in [1.29, 1.82) is 0 Å². The SMILES string of the molecule is C[C@H](c1ccc(-c2ncc(F)c(N3CCCC3)n2)cc1)N1CCCC1. The first-order valence-electron chi connectivity index (χ1n) is 9.34. The van der Waals surface area contributed by atoms with E-state index in [0.717, 1.165) is 31.5 Å². The first-order valence-corrected chi connectivity index (χ1v) is 9.34. The van der Waals surface area contributed by atoms with E-state index >= 15 is 0 Å². The summed E-state index contributed by atoms with van der Waals surface area (Å²) in [5.41, 5.74) is 2.25. The number of nitrogens with zero attached hydrogens (tertiary/aromatic N) is 4. The van der Waals surface area contributed by atoms with Gasteiger partial charge in [0.25, 0.3) is 0 Å². The van der Waals surface area contributed by atoms with Crippen LogP contribution in [0.2, 0.25) is 0 Å². The van der Waals surface area contributed by atoms with Crippen molar-refractivity contribution in [2.24, 2.45) is 0 Å². The van der Waals surface area contributed by atoms with Crippen molar-refractivity contribution < 1.29 is 4.39 Å². The zero-order valence-electron chi connectivity index (χ0n) is 14.8. The molecule has 1 aromatic carbocycles. The summed E-state index contributed by atoms with van der Waals surface area (Å²) in [6, 6.07) is 8.86. The molecule has 3 heterocycles. The minimum atomic E-state index is -0.329. The minimum absolute atomic E-state index is 0.329. The molecule has 0 amide bonds. The Morgan fingerprint density at radius 2 is 1.60 bits per heavy atom. The fourth-order valence-corrected chi connectivity index (χ4v) is 3.90. The second-order valence-electron chi connectivity index (χ2n) is 7.10. The molecule has 1 atom stereocenters. The molecule has 25 heavy (non-hydrogen) atoms. The molecule has 1 aromatic heterocycles. The van der Waals surface area contributed by atoms with Crippen LogP contribution in [0.25, 0.3) is 11.4 Å². The number of likely N-dealkylation sites (tertiary alicyclic amines) is 1. The number of hydrogen-bond donors (Lipinski definition) is 0. The Kier molecular flexibility index (Phi) is 4.66. The molecule has 0 aliphatic carbocycles. The second-order valence-corrected chi connectivity index (χ2v) is 7.10. The predicted molar refractivity (Wildman–Crippen MR) is 98.1 cm³/mol. The van der Waals surface area contributed by atoms with Crippen LogP contribution in [-0.4, -0.2) is 41.0 Å². The molecule has 0 N–H and O–H groups in total. The van der Waals surface area contributed by atoms with Gasteiger partial charge in [0, 0.05) is 24.7 Å². The summed E-state index contributed by atoms with van der Waals surface area (Å²) >= 11 is 0. The van der Waals surface area contributed by atoms with Gasteiger partial charge in [-0.15, -0.1) is 0 Å². The highest BCUT2D eigenvalue weighted by molar-refractivity contribution is 5.58. The van der Waals surface area contributed by atoms with Gasteiger partial charge in [0.15, 0.2) is 17.5 Å². The maximum atomic E-state index is 14.1. The maximum Gasteiger partial charge on any atom is 0.183 e. The van der Waals surface area contributed by atoms with E-state index < -0.39 is 0 Å². The van der Waals surface area contributed by atoms with E-state index in [1.807, 2.05) is 4.90 Å². The van der Waals surface area contributed by atoms with Gasteiger partial charge in [-0.05, 0) is 51.3 Å². The molecule has 132 valence electrons. The summed E-state index contributed by atoms with van der Waals surface area (Å²) < 4.78 is 14.1. The van der Waals surface area contributed by atoms with Crippen LogP contribution in [0, 0.1) is 5.82 Å². The Balaban J connectivity index is 1.56. The van der Waals surface area contributed by atoms with Crippen LogP contribution < -0.4 is 4.90 Å². The highest BCUT2D eigenvalue weighted by atomic mass is 19.1. The van der Waals surface area contributed by atoms with Crippen LogP contribution in [0.5, 0.6) is 0 Å². The summed E-state index contributed by atoms with van der Waals surface area (Å²) in [4.78, 5) is 13.3. The molecule has 5 heteroatoms. The molecule has 2 aliphatic rings. The molecule has 0 unspecified atom stereocenters. The molecule has 0 spiro atoms. The fraction of sp³-hybridized carbons (Fsp3) is 0.500. The van der Waals surface area contributed by atoms with E-state index in [-0.39, 0.29) is 5.82 Å². The molecule has 0 bridgehead atoms. The molecule has 2 fully saturated rings. The molecular weight excluding hydrogens is 315 g/mol. The zero-order valence-corrected chi connectivity index (χ0v) is 14.8. The predicted octanol–water partition coefficient (Wildman–Crippen LogP) is 4.04. The van der Waals surface area contributed by atoms with Gasteiger partial charge in [-0.25, -0.2) is 14.4 Å². The van der Waals surface area contributed by atoms with Gasteiger partial charge in [0.2, 0.25) is 0 Å². The van der Waals surface area contributed by atoms with Crippen LogP contribution >= 0.6 is 0 Å². The molecule has 2 aliphatic heterocycles. The Bertz CT molecular complexity index is 719. The van der Waals surface area contributed by atoms with Gasteiger partial charge in [0.1, 0.15) is 0 Å². The van der Waals surface area contributed by atoms with Crippen LogP contribution in [0.4, 0.5) is 10.2 Å². The van der Waals surface area contributed by atoms with Crippen molar-refractivity contribution in [3.8, 4) is 11.4 Å². The summed E-state index contributed by atoms with van der Waals surface area (Å²) in [7, 11) is 0. The van der Waals surface area contributed by atoms with E-state index in [2.05, 4.69) is 46.1 Å². The van der Waals surface area contributed by atoms with E-state index in [1.165, 1.54) is 37.7 Å². The third-order valence-corrected chi connectivity index (χ3v) is 5.47. The van der Waals surface area contributed by atoms with Crippen molar-refractivity contribution >= 4 is 5.82 Å². The highest BCUT2D eigenvalue weighted by Gasteiger charge is 2.21. The lowest BCUT2D eigenvalue weighted by atomic mass is 10.0. The molecule has 4 nitrogen and oxygen atoms in total. The molecule has 0 radical (unpaired) electrons. The first kappa shape index (κ1) is 16.5. The van der Waals surface area contributed by atoms with Crippen molar-refractivity contribution in [2.45, 2.75) is 38.6 Å². The normalized spacial score (nSPS) is 19.5. The Hall–Kier alpha value is -2.01. The summed E-state index contributed by atoms with van der Waals surface area (Å²) in [6.45, 7) is 6.38. The maximum absolute atomic E-state index is 14.1. The number of anilines is 1. The van der Waals surface area contributed by atoms with Crippen LogP contribution in [0.15, 0.2) is 30.5 Å². The third kappa shape index (κ3) is 3.38. The average molecular weight is 340 g/mol. The van der Waals surface area contributed by atoms with Crippen molar-refractivity contribution in [1.82, 2.24) is 14.9 Å². The average Bonchev–Trinajstić information content (AvgIpc) is 3.35. The summed E-state index contributed by atoms with van der Waals surface area (Å²) in [6.07, 6.45) is 6.09. The number of rotatable bonds is 4. The highest BCUT2D eigenvalue weighted by Crippen LogP contribution is 2.28. The number of benzene rings is 1. The molecule has 2 saturated heterocycles. The van der Waals surface area contributed by atoms with Crippen molar-refractivity contribution in [3.05, 3.63) is 41.8 Å². The molecule has 4 rings (SSSR count). The van der Waals surface area contributed by atoms with Gasteiger partial charge in [0.05, 0.1) is 6.20 Å². The smallest absolute Gasteiger partial charge is 0.183 e. The van der Waals surface area contributed by atoms with E-state index in [1.54, 1.807) is 0 Å². The monoisotopic (exact) mass is 340 g/mol. The molecule has 0 saturated carbocycles. The second kappa shape index (κ2) is 7.08. The van der Waals surface area contributed by atoms with E-state index in [4.69, 9.17) is 0 Å². The quantitative estimate of drug-likeness (QED) is 0.841.